The van der Waals surface area contributed by atoms with Crippen molar-refractivity contribution in [1.82, 2.24) is 19.9 Å². The molecule has 0 radical (unpaired) electrons. The summed E-state index contributed by atoms with van der Waals surface area (Å²) >= 11 is 0. The lowest BCUT2D eigenvalue weighted by molar-refractivity contribution is -0.130. The number of aromatic nitrogens is 3. The van der Waals surface area contributed by atoms with Crippen molar-refractivity contribution in [3.8, 4) is 11.3 Å². The molecular weight excluding hydrogens is 306 g/mol. The van der Waals surface area contributed by atoms with Gasteiger partial charge in [0.2, 0.25) is 5.91 Å². The van der Waals surface area contributed by atoms with Crippen LogP contribution < -0.4 is 10.5 Å². The predicted molar refractivity (Wildman–Crippen MR) is 91.7 cm³/mol. The number of nitrogens with one attached hydrogen (secondary N) is 1. The lowest BCUT2D eigenvalue weighted by Crippen LogP contribution is -2.61. The van der Waals surface area contributed by atoms with Crippen LogP contribution in [-0.4, -0.2) is 51.4 Å². The van der Waals surface area contributed by atoms with Crippen LogP contribution in [0.25, 0.3) is 11.3 Å². The Hall–Kier alpha value is -2.96. The van der Waals surface area contributed by atoms with E-state index in [9.17, 15) is 9.59 Å². The fraction of sp³-hybridized carbons (Fsp3) is 0.294. The SMILES string of the molecule is C=CC(=O)N1CC(N(CC)c2cc(-c3cnccn3)c[nH]c2=O)C1. The van der Waals surface area contributed by atoms with Crippen molar-refractivity contribution in [1.29, 1.82) is 0 Å². The van der Waals surface area contributed by atoms with E-state index >= 15 is 0 Å². The fourth-order valence-corrected chi connectivity index (χ4v) is 2.87. The van der Waals surface area contributed by atoms with Gasteiger partial charge < -0.3 is 14.8 Å². The summed E-state index contributed by atoms with van der Waals surface area (Å²) in [6, 6.07) is 1.95. The number of carbonyl (C=O) groups excluding carboxylic acids is 1. The second-order valence-electron chi connectivity index (χ2n) is 5.58. The van der Waals surface area contributed by atoms with Crippen LogP contribution in [0.3, 0.4) is 0 Å². The maximum Gasteiger partial charge on any atom is 0.271 e. The normalized spacial score (nSPS) is 14.1. The Bertz CT molecular complexity index is 796. The number of anilines is 1. The van der Waals surface area contributed by atoms with Crippen LogP contribution in [0, 0.1) is 0 Å². The lowest BCUT2D eigenvalue weighted by Gasteiger charge is -2.45. The van der Waals surface area contributed by atoms with E-state index in [-0.39, 0.29) is 17.5 Å². The summed E-state index contributed by atoms with van der Waals surface area (Å²) in [7, 11) is 0. The van der Waals surface area contributed by atoms with E-state index in [1.807, 2.05) is 17.9 Å². The number of H-pyrrole nitrogens is 1. The van der Waals surface area contributed by atoms with Crippen molar-refractivity contribution >= 4 is 11.6 Å². The van der Waals surface area contributed by atoms with E-state index in [4.69, 9.17) is 0 Å². The third-order valence-electron chi connectivity index (χ3n) is 4.18. The Balaban J connectivity index is 1.86. The largest absolute Gasteiger partial charge is 0.361 e. The second kappa shape index (κ2) is 6.66. The molecule has 0 aromatic carbocycles. The molecule has 1 amide bonds. The van der Waals surface area contributed by atoms with Gasteiger partial charge in [-0.25, -0.2) is 0 Å². The number of rotatable bonds is 5. The van der Waals surface area contributed by atoms with Crippen LogP contribution in [0.1, 0.15) is 6.92 Å². The van der Waals surface area contributed by atoms with Crippen molar-refractivity contribution < 1.29 is 4.79 Å². The molecule has 0 aliphatic carbocycles. The standard InChI is InChI=1S/C17H19N5O2/c1-3-16(23)21-10-13(11-21)22(4-2)15-7-12(8-20-17(15)24)14-9-18-5-6-19-14/h3,5-9,13H,1,4,10-11H2,2H3,(H,20,24). The number of carbonyl (C=O) groups is 1. The molecule has 7 nitrogen and oxygen atoms in total. The molecule has 1 fully saturated rings. The quantitative estimate of drug-likeness (QED) is 0.831. The Labute approximate surface area is 139 Å². The summed E-state index contributed by atoms with van der Waals surface area (Å²) in [6.07, 6.45) is 7.82. The molecule has 3 rings (SSSR count). The van der Waals surface area contributed by atoms with Crippen LogP contribution in [0.15, 0.2) is 48.3 Å². The van der Waals surface area contributed by atoms with Crippen LogP contribution in [0.4, 0.5) is 5.69 Å². The van der Waals surface area contributed by atoms with Gasteiger partial charge in [-0.1, -0.05) is 6.58 Å². The van der Waals surface area contributed by atoms with Crippen molar-refractivity contribution in [3.05, 3.63) is 53.9 Å². The zero-order valence-electron chi connectivity index (χ0n) is 13.5. The van der Waals surface area contributed by atoms with E-state index in [1.165, 1.54) is 6.08 Å². The van der Waals surface area contributed by atoms with Gasteiger partial charge in [-0.2, -0.15) is 0 Å². The van der Waals surface area contributed by atoms with Gasteiger partial charge in [0.15, 0.2) is 0 Å². The molecule has 1 N–H and O–H groups in total. The number of hydrogen-bond donors (Lipinski definition) is 1. The highest BCUT2D eigenvalue weighted by Crippen LogP contribution is 2.23. The first-order valence-electron chi connectivity index (χ1n) is 7.81. The summed E-state index contributed by atoms with van der Waals surface area (Å²) in [5.41, 5.74) is 1.92. The van der Waals surface area contributed by atoms with Gasteiger partial charge >= 0.3 is 0 Å². The predicted octanol–water partition coefficient (Wildman–Crippen LogP) is 1.05. The van der Waals surface area contributed by atoms with Gasteiger partial charge in [0, 0.05) is 43.8 Å². The number of nitrogens with zero attached hydrogens (tertiary/aromatic N) is 4. The van der Waals surface area contributed by atoms with Crippen LogP contribution >= 0.6 is 0 Å². The Morgan fingerprint density at radius 1 is 1.50 bits per heavy atom. The molecule has 1 aliphatic rings. The average molecular weight is 325 g/mol. The molecule has 0 atom stereocenters. The molecule has 1 aliphatic heterocycles. The molecule has 2 aromatic rings. The number of pyridine rings is 1. The highest BCUT2D eigenvalue weighted by Gasteiger charge is 2.34. The summed E-state index contributed by atoms with van der Waals surface area (Å²) < 4.78 is 0. The van der Waals surface area contributed by atoms with Gasteiger partial charge in [0.25, 0.3) is 5.56 Å². The topological polar surface area (TPSA) is 82.2 Å². The zero-order chi connectivity index (χ0) is 17.1. The number of likely N-dealkylation sites (N-methyl/N-ethyl adjacent to an activating group) is 1. The molecule has 3 heterocycles. The van der Waals surface area contributed by atoms with Crippen LogP contribution in [-0.2, 0) is 4.79 Å². The van der Waals surface area contributed by atoms with E-state index in [0.717, 1.165) is 5.56 Å². The molecule has 7 heteroatoms. The summed E-state index contributed by atoms with van der Waals surface area (Å²) in [5, 5.41) is 0. The van der Waals surface area contributed by atoms with E-state index in [2.05, 4.69) is 21.5 Å². The summed E-state index contributed by atoms with van der Waals surface area (Å²) in [6.45, 7) is 7.35. The average Bonchev–Trinajstić information content (AvgIpc) is 2.58. The van der Waals surface area contributed by atoms with Gasteiger partial charge in [-0.05, 0) is 19.1 Å². The smallest absolute Gasteiger partial charge is 0.271 e. The number of likely N-dealkylation sites (tertiary alicyclic amines) is 1. The Kier molecular flexibility index (Phi) is 4.41. The van der Waals surface area contributed by atoms with Crippen molar-refractivity contribution in [2.75, 3.05) is 24.5 Å². The first kappa shape index (κ1) is 15.9. The Morgan fingerprint density at radius 2 is 2.29 bits per heavy atom. The molecule has 0 spiro atoms. The third kappa shape index (κ3) is 2.92. The Morgan fingerprint density at radius 3 is 2.92 bits per heavy atom. The number of hydrogen-bond acceptors (Lipinski definition) is 5. The molecule has 0 saturated carbocycles. The zero-order valence-corrected chi connectivity index (χ0v) is 13.5. The molecule has 0 bridgehead atoms. The summed E-state index contributed by atoms with van der Waals surface area (Å²) in [4.78, 5) is 38.7. The maximum absolute atomic E-state index is 12.3. The van der Waals surface area contributed by atoms with E-state index < -0.39 is 0 Å². The minimum atomic E-state index is -0.155. The molecule has 24 heavy (non-hydrogen) atoms. The molecule has 124 valence electrons. The van der Waals surface area contributed by atoms with Crippen molar-refractivity contribution in [2.45, 2.75) is 13.0 Å². The van der Waals surface area contributed by atoms with E-state index in [1.54, 1.807) is 29.7 Å². The number of aromatic amines is 1. The molecule has 0 unspecified atom stereocenters. The highest BCUT2D eigenvalue weighted by atomic mass is 16.2. The second-order valence-corrected chi connectivity index (χ2v) is 5.58. The van der Waals surface area contributed by atoms with Gasteiger partial charge in [-0.3, -0.25) is 19.6 Å². The van der Waals surface area contributed by atoms with Crippen molar-refractivity contribution in [2.24, 2.45) is 0 Å². The third-order valence-corrected chi connectivity index (χ3v) is 4.18. The minimum absolute atomic E-state index is 0.0791. The first-order valence-corrected chi connectivity index (χ1v) is 7.81. The van der Waals surface area contributed by atoms with Crippen molar-refractivity contribution in [3.63, 3.8) is 0 Å². The highest BCUT2D eigenvalue weighted by molar-refractivity contribution is 5.87. The summed E-state index contributed by atoms with van der Waals surface area (Å²) in [5.74, 6) is -0.0791. The van der Waals surface area contributed by atoms with Gasteiger partial charge in [0.1, 0.15) is 5.69 Å². The van der Waals surface area contributed by atoms with Crippen LogP contribution in [0.2, 0.25) is 0 Å². The van der Waals surface area contributed by atoms with Crippen LogP contribution in [0.5, 0.6) is 0 Å². The fourth-order valence-electron chi connectivity index (χ4n) is 2.87. The minimum Gasteiger partial charge on any atom is -0.361 e. The number of amides is 1. The monoisotopic (exact) mass is 325 g/mol. The maximum atomic E-state index is 12.3. The molecule has 2 aromatic heterocycles. The first-order chi connectivity index (χ1) is 11.6. The molecule has 1 saturated heterocycles. The van der Waals surface area contributed by atoms with Gasteiger partial charge in [-0.15, -0.1) is 0 Å². The van der Waals surface area contributed by atoms with Gasteiger partial charge in [0.05, 0.1) is 17.9 Å². The van der Waals surface area contributed by atoms with E-state index in [0.29, 0.717) is 31.0 Å². The molecular formula is C17H19N5O2. The lowest BCUT2D eigenvalue weighted by atomic mass is 10.1.